The minimum Gasteiger partial charge on any atom is -0.480 e. The Labute approximate surface area is 103 Å². The zero-order chi connectivity index (χ0) is 13.9. The first-order valence-electron chi connectivity index (χ1n) is 5.38. The molecule has 1 aromatic carbocycles. The maximum atomic E-state index is 12.5. The number of hydrogen-bond donors (Lipinski definition) is 2. The van der Waals surface area contributed by atoms with Crippen molar-refractivity contribution in [2.24, 2.45) is 0 Å². The fourth-order valence-corrected chi connectivity index (χ4v) is 1.53. The predicted molar refractivity (Wildman–Crippen MR) is 60.1 cm³/mol. The molecule has 100 valence electrons. The van der Waals surface area contributed by atoms with E-state index in [1.807, 2.05) is 0 Å². The minimum absolute atomic E-state index is 0.401. The van der Waals surface area contributed by atoms with E-state index < -0.39 is 29.8 Å². The number of carboxylic acids is 1. The zero-order valence-corrected chi connectivity index (χ0v) is 9.95. The SMILES string of the molecule is CC(NC(C)c1cccc(C(F)(F)F)c1)C(=O)O. The summed E-state index contributed by atoms with van der Waals surface area (Å²) in [6, 6.07) is 3.54. The number of benzene rings is 1. The quantitative estimate of drug-likeness (QED) is 0.876. The number of nitrogens with one attached hydrogen (secondary N) is 1. The Morgan fingerprint density at radius 2 is 1.94 bits per heavy atom. The van der Waals surface area contributed by atoms with Gasteiger partial charge in [0.25, 0.3) is 0 Å². The van der Waals surface area contributed by atoms with Gasteiger partial charge < -0.3 is 5.11 Å². The summed E-state index contributed by atoms with van der Waals surface area (Å²) in [5.41, 5.74) is -0.338. The monoisotopic (exact) mass is 261 g/mol. The second-order valence-electron chi connectivity index (χ2n) is 4.07. The molecule has 0 aliphatic carbocycles. The van der Waals surface area contributed by atoms with Crippen LogP contribution in [0.3, 0.4) is 0 Å². The van der Waals surface area contributed by atoms with Crippen LogP contribution in [0.25, 0.3) is 0 Å². The van der Waals surface area contributed by atoms with Crippen LogP contribution in [-0.4, -0.2) is 17.1 Å². The van der Waals surface area contributed by atoms with Crippen molar-refractivity contribution < 1.29 is 23.1 Å². The summed E-state index contributed by atoms with van der Waals surface area (Å²) in [5, 5.41) is 11.4. The number of hydrogen-bond acceptors (Lipinski definition) is 2. The first kappa shape index (κ1) is 14.5. The summed E-state index contributed by atoms with van der Waals surface area (Å²) in [7, 11) is 0. The molecule has 0 saturated carbocycles. The molecule has 0 aliphatic heterocycles. The van der Waals surface area contributed by atoms with E-state index in [4.69, 9.17) is 5.11 Å². The van der Waals surface area contributed by atoms with Crippen LogP contribution >= 0.6 is 0 Å². The summed E-state index contributed by atoms with van der Waals surface area (Å²) < 4.78 is 37.5. The number of alkyl halides is 3. The largest absolute Gasteiger partial charge is 0.480 e. The molecule has 0 radical (unpaired) electrons. The van der Waals surface area contributed by atoms with Crippen molar-refractivity contribution in [2.45, 2.75) is 32.1 Å². The fourth-order valence-electron chi connectivity index (χ4n) is 1.53. The van der Waals surface area contributed by atoms with Gasteiger partial charge in [0.1, 0.15) is 6.04 Å². The van der Waals surface area contributed by atoms with Crippen molar-refractivity contribution in [3.63, 3.8) is 0 Å². The molecule has 2 unspecified atom stereocenters. The highest BCUT2D eigenvalue weighted by molar-refractivity contribution is 5.72. The van der Waals surface area contributed by atoms with Gasteiger partial charge in [-0.1, -0.05) is 12.1 Å². The smallest absolute Gasteiger partial charge is 0.416 e. The van der Waals surface area contributed by atoms with Crippen LogP contribution in [0.5, 0.6) is 0 Å². The molecule has 1 rings (SSSR count). The third kappa shape index (κ3) is 3.73. The molecule has 0 heterocycles. The molecule has 0 aliphatic rings. The van der Waals surface area contributed by atoms with E-state index in [9.17, 15) is 18.0 Å². The second kappa shape index (κ2) is 5.39. The number of aliphatic carboxylic acids is 1. The van der Waals surface area contributed by atoms with Gasteiger partial charge in [0.05, 0.1) is 5.56 Å². The molecule has 0 amide bonds. The van der Waals surface area contributed by atoms with Crippen molar-refractivity contribution in [1.82, 2.24) is 5.32 Å². The highest BCUT2D eigenvalue weighted by Crippen LogP contribution is 2.30. The molecular weight excluding hydrogens is 247 g/mol. The van der Waals surface area contributed by atoms with Crippen molar-refractivity contribution >= 4 is 5.97 Å². The Bertz CT molecular complexity index is 432. The van der Waals surface area contributed by atoms with Crippen LogP contribution in [-0.2, 0) is 11.0 Å². The lowest BCUT2D eigenvalue weighted by molar-refractivity contribution is -0.139. The van der Waals surface area contributed by atoms with Gasteiger partial charge >= 0.3 is 12.1 Å². The minimum atomic E-state index is -4.39. The van der Waals surface area contributed by atoms with Crippen LogP contribution in [0.2, 0.25) is 0 Å². The van der Waals surface area contributed by atoms with Gasteiger partial charge in [0, 0.05) is 6.04 Å². The van der Waals surface area contributed by atoms with E-state index in [2.05, 4.69) is 5.32 Å². The number of rotatable bonds is 4. The third-order valence-electron chi connectivity index (χ3n) is 2.58. The molecule has 0 aromatic heterocycles. The summed E-state index contributed by atoms with van der Waals surface area (Å²) in [6.07, 6.45) is -4.39. The van der Waals surface area contributed by atoms with E-state index in [1.54, 1.807) is 6.92 Å². The maximum Gasteiger partial charge on any atom is 0.416 e. The van der Waals surface area contributed by atoms with Crippen molar-refractivity contribution in [3.05, 3.63) is 35.4 Å². The van der Waals surface area contributed by atoms with E-state index in [-0.39, 0.29) is 0 Å². The summed E-state index contributed by atoms with van der Waals surface area (Å²) >= 11 is 0. The molecule has 0 fully saturated rings. The number of carbonyl (C=O) groups is 1. The first-order chi connectivity index (χ1) is 8.21. The molecule has 2 atom stereocenters. The van der Waals surface area contributed by atoms with E-state index in [1.165, 1.54) is 19.1 Å². The highest BCUT2D eigenvalue weighted by Gasteiger charge is 2.30. The maximum absolute atomic E-state index is 12.5. The second-order valence-corrected chi connectivity index (χ2v) is 4.07. The van der Waals surface area contributed by atoms with Gasteiger partial charge in [-0.2, -0.15) is 13.2 Å². The van der Waals surface area contributed by atoms with Crippen molar-refractivity contribution in [3.8, 4) is 0 Å². The third-order valence-corrected chi connectivity index (χ3v) is 2.58. The fraction of sp³-hybridized carbons (Fsp3) is 0.417. The van der Waals surface area contributed by atoms with Crippen molar-refractivity contribution in [2.75, 3.05) is 0 Å². The molecular formula is C12H14F3NO2. The summed E-state index contributed by atoms with van der Waals surface area (Å²) in [4.78, 5) is 10.6. The Balaban J connectivity index is 2.87. The standard InChI is InChI=1S/C12H14F3NO2/c1-7(16-8(2)11(17)18)9-4-3-5-10(6-9)12(13,14)15/h3-8,16H,1-2H3,(H,17,18). The topological polar surface area (TPSA) is 49.3 Å². The van der Waals surface area contributed by atoms with Crippen LogP contribution in [0.4, 0.5) is 13.2 Å². The summed E-state index contributed by atoms with van der Waals surface area (Å²) in [6.45, 7) is 3.06. The molecule has 18 heavy (non-hydrogen) atoms. The Hall–Kier alpha value is -1.56. The average Bonchev–Trinajstić information content (AvgIpc) is 2.27. The highest BCUT2D eigenvalue weighted by atomic mass is 19.4. The first-order valence-corrected chi connectivity index (χ1v) is 5.38. The van der Waals surface area contributed by atoms with Crippen LogP contribution in [0, 0.1) is 0 Å². The molecule has 3 nitrogen and oxygen atoms in total. The van der Waals surface area contributed by atoms with Crippen LogP contribution < -0.4 is 5.32 Å². The van der Waals surface area contributed by atoms with Crippen LogP contribution in [0.1, 0.15) is 31.0 Å². The van der Waals surface area contributed by atoms with E-state index >= 15 is 0 Å². The van der Waals surface area contributed by atoms with E-state index in [0.717, 1.165) is 12.1 Å². The lowest BCUT2D eigenvalue weighted by Gasteiger charge is -2.18. The lowest BCUT2D eigenvalue weighted by atomic mass is 10.0. The normalized spacial score (nSPS) is 15.2. The van der Waals surface area contributed by atoms with E-state index in [0.29, 0.717) is 5.56 Å². The molecule has 2 N–H and O–H groups in total. The van der Waals surface area contributed by atoms with Gasteiger partial charge in [0.2, 0.25) is 0 Å². The Morgan fingerprint density at radius 1 is 1.33 bits per heavy atom. The molecule has 6 heteroatoms. The predicted octanol–water partition coefficient (Wildman–Crippen LogP) is 2.83. The molecule has 0 spiro atoms. The zero-order valence-electron chi connectivity index (χ0n) is 9.95. The lowest BCUT2D eigenvalue weighted by Crippen LogP contribution is -2.35. The number of carboxylic acid groups (broad SMARTS) is 1. The number of halogens is 3. The molecule has 1 aromatic rings. The molecule has 0 bridgehead atoms. The van der Waals surface area contributed by atoms with Gasteiger partial charge in [-0.3, -0.25) is 10.1 Å². The molecule has 0 saturated heterocycles. The Morgan fingerprint density at radius 3 is 2.44 bits per heavy atom. The Kier molecular flexibility index (Phi) is 4.34. The van der Waals surface area contributed by atoms with Gasteiger partial charge in [0.15, 0.2) is 0 Å². The van der Waals surface area contributed by atoms with Gasteiger partial charge in [-0.25, -0.2) is 0 Å². The van der Waals surface area contributed by atoms with Gasteiger partial charge in [-0.15, -0.1) is 0 Å². The van der Waals surface area contributed by atoms with Gasteiger partial charge in [-0.05, 0) is 31.5 Å². The summed E-state index contributed by atoms with van der Waals surface area (Å²) in [5.74, 6) is -1.05. The van der Waals surface area contributed by atoms with Crippen LogP contribution in [0.15, 0.2) is 24.3 Å². The average molecular weight is 261 g/mol. The van der Waals surface area contributed by atoms with Crippen molar-refractivity contribution in [1.29, 1.82) is 0 Å².